The summed E-state index contributed by atoms with van der Waals surface area (Å²) in [6, 6.07) is 0. The average molecular weight is 189 g/mol. The molecule has 0 aliphatic carbocycles. The minimum atomic E-state index is -0.704. The molecule has 0 saturated carbocycles. The first kappa shape index (κ1) is 12.4. The van der Waals surface area contributed by atoms with Crippen molar-refractivity contribution in [2.45, 2.75) is 45.6 Å². The highest BCUT2D eigenvalue weighted by atomic mass is 16.6. The maximum absolute atomic E-state index is 10.2. The Labute approximate surface area is 79.1 Å². The van der Waals surface area contributed by atoms with Gasteiger partial charge in [0.15, 0.2) is 0 Å². The number of hydrogen-bond donors (Lipinski definition) is 1. The number of nitro groups is 1. The first-order chi connectivity index (χ1) is 5.85. The van der Waals surface area contributed by atoms with Crippen LogP contribution in [0.5, 0.6) is 0 Å². The molecule has 4 nitrogen and oxygen atoms in total. The quantitative estimate of drug-likeness (QED) is 0.512. The van der Waals surface area contributed by atoms with Crippen LogP contribution in [0, 0.1) is 16.0 Å². The standard InChI is InChI=1S/C9H19NO3/c1-4-8(7-10(12)13)5-6-9(2,3)11/h8,11H,4-7H2,1-3H3. The summed E-state index contributed by atoms with van der Waals surface area (Å²) >= 11 is 0. The van der Waals surface area contributed by atoms with Crippen LogP contribution >= 0.6 is 0 Å². The van der Waals surface area contributed by atoms with E-state index < -0.39 is 5.60 Å². The molecule has 13 heavy (non-hydrogen) atoms. The molecule has 0 saturated heterocycles. The smallest absolute Gasteiger partial charge is 0.206 e. The van der Waals surface area contributed by atoms with Crippen molar-refractivity contribution in [2.75, 3.05) is 6.54 Å². The minimum absolute atomic E-state index is 0.0204. The molecular weight excluding hydrogens is 170 g/mol. The van der Waals surface area contributed by atoms with Crippen LogP contribution in [0.1, 0.15) is 40.0 Å². The third kappa shape index (κ3) is 7.71. The SMILES string of the molecule is CCC(CCC(C)(C)O)C[N+](=O)[O-]. The number of rotatable bonds is 6. The van der Waals surface area contributed by atoms with Gasteiger partial charge in [0.1, 0.15) is 0 Å². The third-order valence-electron chi connectivity index (χ3n) is 2.15. The summed E-state index contributed by atoms with van der Waals surface area (Å²) in [6.45, 7) is 5.42. The van der Waals surface area contributed by atoms with E-state index in [1.807, 2.05) is 6.92 Å². The Hall–Kier alpha value is -0.640. The van der Waals surface area contributed by atoms with Gasteiger partial charge in [-0.15, -0.1) is 0 Å². The summed E-state index contributed by atoms with van der Waals surface area (Å²) in [6.07, 6.45) is 2.15. The monoisotopic (exact) mass is 189 g/mol. The van der Waals surface area contributed by atoms with E-state index in [2.05, 4.69) is 0 Å². The molecule has 1 atom stereocenters. The van der Waals surface area contributed by atoms with Crippen LogP contribution in [0.15, 0.2) is 0 Å². The van der Waals surface area contributed by atoms with Crippen molar-refractivity contribution in [1.29, 1.82) is 0 Å². The van der Waals surface area contributed by atoms with Gasteiger partial charge in [0.25, 0.3) is 0 Å². The zero-order chi connectivity index (χ0) is 10.5. The van der Waals surface area contributed by atoms with Gasteiger partial charge in [0.05, 0.1) is 5.60 Å². The summed E-state index contributed by atoms with van der Waals surface area (Å²) in [5, 5.41) is 19.7. The van der Waals surface area contributed by atoms with Gasteiger partial charge in [-0.2, -0.15) is 0 Å². The summed E-state index contributed by atoms with van der Waals surface area (Å²) in [5.74, 6) is 0.0985. The van der Waals surface area contributed by atoms with E-state index in [1.54, 1.807) is 13.8 Å². The Kier molecular flexibility index (Phi) is 4.91. The van der Waals surface area contributed by atoms with E-state index >= 15 is 0 Å². The zero-order valence-corrected chi connectivity index (χ0v) is 8.62. The van der Waals surface area contributed by atoms with Crippen molar-refractivity contribution >= 4 is 0 Å². The molecule has 0 aromatic carbocycles. The maximum atomic E-state index is 10.2. The molecule has 0 aromatic rings. The molecule has 0 rings (SSSR count). The van der Waals surface area contributed by atoms with Gasteiger partial charge < -0.3 is 5.11 Å². The third-order valence-corrected chi connectivity index (χ3v) is 2.15. The average Bonchev–Trinajstić information content (AvgIpc) is 1.95. The molecule has 0 fully saturated rings. The van der Waals surface area contributed by atoms with Crippen molar-refractivity contribution < 1.29 is 10.0 Å². The Morgan fingerprint density at radius 3 is 2.38 bits per heavy atom. The maximum Gasteiger partial charge on any atom is 0.206 e. The molecule has 0 amide bonds. The number of aliphatic hydroxyl groups is 1. The van der Waals surface area contributed by atoms with Crippen LogP contribution in [0.2, 0.25) is 0 Å². The lowest BCUT2D eigenvalue weighted by Gasteiger charge is -2.19. The van der Waals surface area contributed by atoms with Gasteiger partial charge in [0, 0.05) is 10.8 Å². The predicted molar refractivity (Wildman–Crippen MR) is 51.2 cm³/mol. The summed E-state index contributed by atoms with van der Waals surface area (Å²) in [5.41, 5.74) is -0.704. The molecule has 0 bridgehead atoms. The fourth-order valence-electron chi connectivity index (χ4n) is 1.19. The van der Waals surface area contributed by atoms with Gasteiger partial charge in [-0.1, -0.05) is 6.92 Å². The number of hydrogen-bond acceptors (Lipinski definition) is 3. The second-order valence-electron chi connectivity index (χ2n) is 4.14. The van der Waals surface area contributed by atoms with Crippen molar-refractivity contribution in [2.24, 2.45) is 5.92 Å². The lowest BCUT2D eigenvalue weighted by Crippen LogP contribution is -2.22. The fourth-order valence-corrected chi connectivity index (χ4v) is 1.19. The first-order valence-electron chi connectivity index (χ1n) is 4.69. The van der Waals surface area contributed by atoms with Gasteiger partial charge in [-0.05, 0) is 33.1 Å². The molecule has 0 aromatic heterocycles. The molecule has 0 aliphatic heterocycles. The highest BCUT2D eigenvalue weighted by Gasteiger charge is 2.18. The van der Waals surface area contributed by atoms with E-state index in [9.17, 15) is 15.2 Å². The van der Waals surface area contributed by atoms with Gasteiger partial charge in [-0.25, -0.2) is 0 Å². The largest absolute Gasteiger partial charge is 0.390 e. The topological polar surface area (TPSA) is 63.4 Å². The Balaban J connectivity index is 3.79. The van der Waals surface area contributed by atoms with Crippen LogP contribution in [-0.2, 0) is 0 Å². The van der Waals surface area contributed by atoms with E-state index in [-0.39, 0.29) is 17.4 Å². The Bertz CT molecular complexity index is 163. The van der Waals surface area contributed by atoms with Gasteiger partial charge in [-0.3, -0.25) is 10.1 Å². The van der Waals surface area contributed by atoms with E-state index in [1.165, 1.54) is 0 Å². The first-order valence-corrected chi connectivity index (χ1v) is 4.69. The minimum Gasteiger partial charge on any atom is -0.390 e. The summed E-state index contributed by atoms with van der Waals surface area (Å²) in [4.78, 5) is 9.96. The number of nitrogens with zero attached hydrogens (tertiary/aromatic N) is 1. The van der Waals surface area contributed by atoms with Gasteiger partial charge >= 0.3 is 0 Å². The molecule has 78 valence electrons. The van der Waals surface area contributed by atoms with Gasteiger partial charge in [0.2, 0.25) is 6.54 Å². The lowest BCUT2D eigenvalue weighted by atomic mass is 9.93. The van der Waals surface area contributed by atoms with Crippen molar-refractivity contribution in [3.8, 4) is 0 Å². The molecular formula is C9H19NO3. The van der Waals surface area contributed by atoms with Crippen molar-refractivity contribution in [3.63, 3.8) is 0 Å². The Morgan fingerprint density at radius 2 is 2.08 bits per heavy atom. The second kappa shape index (κ2) is 5.17. The second-order valence-corrected chi connectivity index (χ2v) is 4.14. The zero-order valence-electron chi connectivity index (χ0n) is 8.62. The van der Waals surface area contributed by atoms with Crippen LogP contribution < -0.4 is 0 Å². The van der Waals surface area contributed by atoms with E-state index in [0.29, 0.717) is 6.42 Å². The van der Waals surface area contributed by atoms with E-state index in [0.717, 1.165) is 12.8 Å². The lowest BCUT2D eigenvalue weighted by molar-refractivity contribution is -0.488. The fraction of sp³-hybridized carbons (Fsp3) is 1.00. The highest BCUT2D eigenvalue weighted by molar-refractivity contribution is 4.67. The summed E-state index contributed by atoms with van der Waals surface area (Å²) < 4.78 is 0. The molecule has 0 spiro atoms. The molecule has 0 heterocycles. The molecule has 4 heteroatoms. The van der Waals surface area contributed by atoms with E-state index in [4.69, 9.17) is 0 Å². The van der Waals surface area contributed by atoms with Crippen LogP contribution in [0.3, 0.4) is 0 Å². The van der Waals surface area contributed by atoms with Crippen molar-refractivity contribution in [3.05, 3.63) is 10.1 Å². The van der Waals surface area contributed by atoms with Crippen LogP contribution in [0.4, 0.5) is 0 Å². The highest BCUT2D eigenvalue weighted by Crippen LogP contribution is 2.18. The summed E-state index contributed by atoms with van der Waals surface area (Å²) in [7, 11) is 0. The van der Waals surface area contributed by atoms with Crippen LogP contribution in [-0.4, -0.2) is 22.2 Å². The molecule has 1 unspecified atom stereocenters. The Morgan fingerprint density at radius 1 is 1.54 bits per heavy atom. The predicted octanol–water partition coefficient (Wildman–Crippen LogP) is 1.84. The van der Waals surface area contributed by atoms with Crippen LogP contribution in [0.25, 0.3) is 0 Å². The molecule has 1 N–H and O–H groups in total. The molecule has 0 radical (unpaired) electrons. The molecule has 0 aliphatic rings. The normalized spacial score (nSPS) is 14.2. The van der Waals surface area contributed by atoms with Crippen molar-refractivity contribution in [1.82, 2.24) is 0 Å².